The van der Waals surface area contributed by atoms with Crippen molar-refractivity contribution in [2.75, 3.05) is 13.1 Å². The molecule has 1 atom stereocenters. The number of piperidine rings is 1. The maximum absolute atomic E-state index is 11.1. The van der Waals surface area contributed by atoms with Crippen molar-refractivity contribution >= 4 is 11.7 Å². The van der Waals surface area contributed by atoms with E-state index in [1.807, 2.05) is 12.1 Å². The van der Waals surface area contributed by atoms with Crippen molar-refractivity contribution in [1.82, 2.24) is 4.90 Å². The van der Waals surface area contributed by atoms with E-state index in [4.69, 9.17) is 22.3 Å². The summed E-state index contributed by atoms with van der Waals surface area (Å²) in [5.74, 6) is -0.468. The fraction of sp³-hybridized carbons (Fsp3) is 0.227. The molecule has 1 aliphatic rings. The summed E-state index contributed by atoms with van der Waals surface area (Å²) in [6.07, 6.45) is 3.62. The molecule has 1 aliphatic heterocycles. The molecule has 7 heteroatoms. The smallest absolute Gasteiger partial charge is 0.335 e. The Hall–Kier alpha value is -3.61. The number of allylic oxidation sites excluding steroid dienone is 1. The zero-order valence-electron chi connectivity index (χ0n) is 16.1. The van der Waals surface area contributed by atoms with E-state index in [2.05, 4.69) is 4.90 Å². The highest BCUT2D eigenvalue weighted by molar-refractivity contribution is 5.87. The van der Waals surface area contributed by atoms with Crippen molar-refractivity contribution in [3.05, 3.63) is 82.8 Å². The number of carboxylic acids is 1. The normalized spacial score (nSPS) is 17.0. The van der Waals surface area contributed by atoms with E-state index in [1.54, 1.807) is 42.5 Å². The van der Waals surface area contributed by atoms with Gasteiger partial charge in [0.25, 0.3) is 0 Å². The Morgan fingerprint density at radius 1 is 1.07 bits per heavy atom. The van der Waals surface area contributed by atoms with Crippen LogP contribution in [-0.2, 0) is 0 Å². The molecule has 2 aromatic rings. The maximum atomic E-state index is 11.1. The quantitative estimate of drug-likeness (QED) is 0.491. The van der Waals surface area contributed by atoms with E-state index >= 15 is 0 Å². The number of benzene rings is 2. The van der Waals surface area contributed by atoms with Gasteiger partial charge in [-0.3, -0.25) is 0 Å². The van der Waals surface area contributed by atoms with Gasteiger partial charge < -0.3 is 32.3 Å². The highest BCUT2D eigenvalue weighted by atomic mass is 16.4. The van der Waals surface area contributed by atoms with Crippen LogP contribution in [0.15, 0.2) is 66.1 Å². The molecule has 3 rings (SSSR count). The summed E-state index contributed by atoms with van der Waals surface area (Å²) in [4.78, 5) is 13.2. The summed E-state index contributed by atoms with van der Waals surface area (Å²) >= 11 is 0. The van der Waals surface area contributed by atoms with Crippen LogP contribution in [-0.4, -0.2) is 34.2 Å². The van der Waals surface area contributed by atoms with Gasteiger partial charge >= 0.3 is 5.97 Å². The molecule has 152 valence electrons. The van der Waals surface area contributed by atoms with Crippen molar-refractivity contribution in [1.29, 1.82) is 0 Å². The van der Waals surface area contributed by atoms with E-state index in [-0.39, 0.29) is 23.1 Å². The van der Waals surface area contributed by atoms with Crippen LogP contribution in [0.3, 0.4) is 0 Å². The van der Waals surface area contributed by atoms with Crippen molar-refractivity contribution in [3.8, 4) is 5.75 Å². The largest absolute Gasteiger partial charge is 0.507 e. The van der Waals surface area contributed by atoms with Gasteiger partial charge in [-0.15, -0.1) is 0 Å². The molecular formula is C22H26N4O3. The SMILES string of the molecule is NC(N)=C(/C=C(\N)c1ccccc1O)N1CCCC(c2ccc(C(=O)O)cc2)C1. The first-order chi connectivity index (χ1) is 13.9. The summed E-state index contributed by atoms with van der Waals surface area (Å²) in [5, 5.41) is 19.1. The van der Waals surface area contributed by atoms with Gasteiger partial charge in [0.1, 0.15) is 11.6 Å². The lowest BCUT2D eigenvalue weighted by Crippen LogP contribution is -2.36. The van der Waals surface area contributed by atoms with Crippen LogP contribution in [0.25, 0.3) is 5.70 Å². The fourth-order valence-corrected chi connectivity index (χ4v) is 3.67. The van der Waals surface area contributed by atoms with Crippen LogP contribution in [0.4, 0.5) is 0 Å². The number of hydrogen-bond donors (Lipinski definition) is 5. The third kappa shape index (κ3) is 4.63. The van der Waals surface area contributed by atoms with Gasteiger partial charge in [0.15, 0.2) is 0 Å². The number of hydrogen-bond acceptors (Lipinski definition) is 6. The van der Waals surface area contributed by atoms with E-state index in [1.165, 1.54) is 0 Å². The number of carboxylic acid groups (broad SMARTS) is 1. The number of carbonyl (C=O) groups is 1. The summed E-state index contributed by atoms with van der Waals surface area (Å²) in [5.41, 5.74) is 21.0. The van der Waals surface area contributed by atoms with Crippen molar-refractivity contribution in [2.24, 2.45) is 17.2 Å². The predicted octanol–water partition coefficient (Wildman–Crippen LogP) is 2.36. The van der Waals surface area contributed by atoms with Gasteiger partial charge in [-0.25, -0.2) is 4.79 Å². The minimum atomic E-state index is -0.937. The second-order valence-electron chi connectivity index (χ2n) is 7.17. The summed E-state index contributed by atoms with van der Waals surface area (Å²) in [6, 6.07) is 13.8. The van der Waals surface area contributed by atoms with Crippen molar-refractivity contribution < 1.29 is 15.0 Å². The number of phenolic OH excluding ortho intramolecular Hbond substituents is 1. The summed E-state index contributed by atoms with van der Waals surface area (Å²) in [6.45, 7) is 1.46. The molecule has 2 aromatic carbocycles. The number of rotatable bonds is 5. The topological polar surface area (TPSA) is 139 Å². The lowest BCUT2D eigenvalue weighted by molar-refractivity contribution is 0.0697. The highest BCUT2D eigenvalue weighted by Gasteiger charge is 2.24. The van der Waals surface area contributed by atoms with Crippen LogP contribution in [0, 0.1) is 0 Å². The molecule has 1 fully saturated rings. The van der Waals surface area contributed by atoms with Gasteiger partial charge in [-0.2, -0.15) is 0 Å². The Morgan fingerprint density at radius 3 is 2.38 bits per heavy atom. The third-order valence-corrected chi connectivity index (χ3v) is 5.19. The van der Waals surface area contributed by atoms with Gasteiger partial charge in [-0.1, -0.05) is 24.3 Å². The lowest BCUT2D eigenvalue weighted by atomic mass is 9.89. The van der Waals surface area contributed by atoms with E-state index in [0.717, 1.165) is 24.9 Å². The monoisotopic (exact) mass is 394 g/mol. The molecule has 1 saturated heterocycles. The van der Waals surface area contributed by atoms with Crippen LogP contribution >= 0.6 is 0 Å². The number of likely N-dealkylation sites (tertiary alicyclic amines) is 1. The first kappa shape index (κ1) is 20.1. The lowest BCUT2D eigenvalue weighted by Gasteiger charge is -2.35. The van der Waals surface area contributed by atoms with Crippen molar-refractivity contribution in [2.45, 2.75) is 18.8 Å². The Labute approximate surface area is 169 Å². The highest BCUT2D eigenvalue weighted by Crippen LogP contribution is 2.30. The molecule has 1 heterocycles. The third-order valence-electron chi connectivity index (χ3n) is 5.19. The number of phenols is 1. The molecule has 0 bridgehead atoms. The number of para-hydroxylation sites is 1. The molecule has 7 nitrogen and oxygen atoms in total. The first-order valence-electron chi connectivity index (χ1n) is 9.45. The number of nitrogens with zero attached hydrogens (tertiary/aromatic N) is 1. The Balaban J connectivity index is 1.83. The minimum Gasteiger partial charge on any atom is -0.507 e. The zero-order chi connectivity index (χ0) is 21.0. The zero-order valence-corrected chi connectivity index (χ0v) is 16.1. The molecule has 0 aliphatic carbocycles. The maximum Gasteiger partial charge on any atom is 0.335 e. The van der Waals surface area contributed by atoms with E-state index < -0.39 is 5.97 Å². The molecule has 0 saturated carbocycles. The predicted molar refractivity (Wildman–Crippen MR) is 113 cm³/mol. The first-order valence-corrected chi connectivity index (χ1v) is 9.45. The second-order valence-corrected chi connectivity index (χ2v) is 7.17. The average Bonchev–Trinajstić information content (AvgIpc) is 2.72. The number of aromatic hydroxyl groups is 1. The van der Waals surface area contributed by atoms with Crippen LogP contribution in [0.5, 0.6) is 5.75 Å². The average molecular weight is 394 g/mol. The Kier molecular flexibility index (Phi) is 5.97. The van der Waals surface area contributed by atoms with Crippen LogP contribution in [0.1, 0.15) is 40.2 Å². The minimum absolute atomic E-state index is 0.0891. The molecule has 0 spiro atoms. The van der Waals surface area contributed by atoms with Crippen LogP contribution < -0.4 is 17.2 Å². The van der Waals surface area contributed by atoms with E-state index in [9.17, 15) is 9.90 Å². The molecule has 29 heavy (non-hydrogen) atoms. The van der Waals surface area contributed by atoms with Gasteiger partial charge in [0.05, 0.1) is 11.3 Å². The molecule has 0 radical (unpaired) electrons. The molecule has 1 unspecified atom stereocenters. The van der Waals surface area contributed by atoms with Crippen LogP contribution in [0.2, 0.25) is 0 Å². The number of aromatic carboxylic acids is 1. The fourth-order valence-electron chi connectivity index (χ4n) is 3.67. The molecule has 0 aromatic heterocycles. The molecule has 0 amide bonds. The van der Waals surface area contributed by atoms with Gasteiger partial charge in [0.2, 0.25) is 0 Å². The second kappa shape index (κ2) is 8.60. The summed E-state index contributed by atoms with van der Waals surface area (Å²) < 4.78 is 0. The molecular weight excluding hydrogens is 368 g/mol. The van der Waals surface area contributed by atoms with Gasteiger partial charge in [0, 0.05) is 30.3 Å². The number of nitrogens with two attached hydrogens (primary N) is 3. The molecule has 8 N–H and O–H groups in total. The van der Waals surface area contributed by atoms with E-state index in [0.29, 0.717) is 23.5 Å². The summed E-state index contributed by atoms with van der Waals surface area (Å²) in [7, 11) is 0. The van der Waals surface area contributed by atoms with Gasteiger partial charge in [-0.05, 0) is 48.7 Å². The Bertz CT molecular complexity index is 947. The standard InChI is InChI=1S/C22H26N4O3/c23-18(17-5-1-2-6-20(17)27)12-19(21(24)25)26-11-3-4-16(13-26)14-7-9-15(10-8-14)22(28)29/h1-2,5-10,12,16,27H,3-4,11,13,23-25H2,(H,28,29)/b18-12-. The van der Waals surface area contributed by atoms with Crippen molar-refractivity contribution in [3.63, 3.8) is 0 Å². The Morgan fingerprint density at radius 2 is 1.76 bits per heavy atom.